The number of hydrogen-bond acceptors (Lipinski definition) is 1. The van der Waals surface area contributed by atoms with E-state index in [1.165, 1.54) is 6.42 Å². The van der Waals surface area contributed by atoms with Crippen LogP contribution in [0.25, 0.3) is 0 Å². The van der Waals surface area contributed by atoms with Gasteiger partial charge in [0, 0.05) is 13.1 Å². The van der Waals surface area contributed by atoms with Crippen molar-refractivity contribution in [1.29, 1.82) is 0 Å². The molecule has 0 aliphatic rings. The van der Waals surface area contributed by atoms with Gasteiger partial charge < -0.3 is 4.90 Å². The van der Waals surface area contributed by atoms with Gasteiger partial charge in [-0.05, 0) is 25.0 Å². The summed E-state index contributed by atoms with van der Waals surface area (Å²) in [5.74, 6) is 1.41. The number of nitrogens with zero attached hydrogens (tertiary/aromatic N) is 1. The predicted molar refractivity (Wildman–Crippen MR) is 60.7 cm³/mol. The van der Waals surface area contributed by atoms with Crippen LogP contribution in [0.4, 0.5) is 0 Å². The Kier molecular flexibility index (Phi) is 5.85. The summed E-state index contributed by atoms with van der Waals surface area (Å²) < 4.78 is 0. The van der Waals surface area contributed by atoms with E-state index in [-0.39, 0.29) is 0 Å². The van der Waals surface area contributed by atoms with Gasteiger partial charge in [-0.2, -0.15) is 0 Å². The molecule has 13 heavy (non-hydrogen) atoms. The molecule has 1 heteroatoms. The molecular formula is C12H25N. The molecule has 0 rings (SSSR count). The van der Waals surface area contributed by atoms with Gasteiger partial charge in [0.05, 0.1) is 0 Å². The van der Waals surface area contributed by atoms with E-state index in [2.05, 4.69) is 58.8 Å². The van der Waals surface area contributed by atoms with Crippen LogP contribution in [-0.4, -0.2) is 18.0 Å². The minimum atomic E-state index is 0.625. The Balaban J connectivity index is 3.98. The predicted octanol–water partition coefficient (Wildman–Crippen LogP) is 3.52. The Morgan fingerprint density at radius 3 is 2.08 bits per heavy atom. The SMILES string of the molecule is CCC(C)/C=C\N(C)C(C)C(C)C. The molecule has 78 valence electrons. The van der Waals surface area contributed by atoms with Crippen LogP contribution in [0, 0.1) is 11.8 Å². The minimum Gasteiger partial charge on any atom is -0.378 e. The van der Waals surface area contributed by atoms with E-state index in [1.54, 1.807) is 0 Å². The fraction of sp³-hybridized carbons (Fsp3) is 0.833. The molecule has 0 aliphatic heterocycles. The third-order valence-electron chi connectivity index (χ3n) is 2.90. The summed E-state index contributed by atoms with van der Waals surface area (Å²) in [5.41, 5.74) is 0. The lowest BCUT2D eigenvalue weighted by Crippen LogP contribution is -2.28. The highest BCUT2D eigenvalue weighted by Crippen LogP contribution is 2.10. The highest BCUT2D eigenvalue weighted by atomic mass is 15.1. The molecule has 0 aliphatic carbocycles. The van der Waals surface area contributed by atoms with Gasteiger partial charge in [-0.25, -0.2) is 0 Å². The summed E-state index contributed by atoms with van der Waals surface area (Å²) in [6, 6.07) is 0.625. The normalized spacial score (nSPS) is 16.5. The van der Waals surface area contributed by atoms with Crippen molar-refractivity contribution in [2.75, 3.05) is 7.05 Å². The van der Waals surface area contributed by atoms with Gasteiger partial charge in [0.2, 0.25) is 0 Å². The summed E-state index contributed by atoms with van der Waals surface area (Å²) in [7, 11) is 2.16. The largest absolute Gasteiger partial charge is 0.378 e. The second kappa shape index (κ2) is 6.06. The first-order chi connectivity index (χ1) is 5.99. The molecule has 0 radical (unpaired) electrons. The molecule has 0 heterocycles. The molecule has 0 aromatic rings. The maximum absolute atomic E-state index is 2.30. The molecule has 0 amide bonds. The maximum atomic E-state index is 2.30. The fourth-order valence-electron chi connectivity index (χ4n) is 1.02. The highest BCUT2D eigenvalue weighted by molar-refractivity contribution is 4.87. The Hall–Kier alpha value is -0.460. The van der Waals surface area contributed by atoms with Crippen molar-refractivity contribution in [2.45, 2.75) is 47.1 Å². The Morgan fingerprint density at radius 1 is 1.15 bits per heavy atom. The van der Waals surface area contributed by atoms with E-state index in [4.69, 9.17) is 0 Å². The van der Waals surface area contributed by atoms with Crippen molar-refractivity contribution >= 4 is 0 Å². The van der Waals surface area contributed by atoms with E-state index < -0.39 is 0 Å². The summed E-state index contributed by atoms with van der Waals surface area (Å²) in [6.45, 7) is 11.3. The van der Waals surface area contributed by atoms with Crippen LogP contribution in [0.5, 0.6) is 0 Å². The zero-order valence-electron chi connectivity index (χ0n) is 10.0. The molecule has 0 saturated heterocycles. The van der Waals surface area contributed by atoms with E-state index in [1.807, 2.05) is 0 Å². The van der Waals surface area contributed by atoms with Crippen LogP contribution in [0.15, 0.2) is 12.3 Å². The van der Waals surface area contributed by atoms with Crippen molar-refractivity contribution in [2.24, 2.45) is 11.8 Å². The molecule has 0 aromatic carbocycles. The van der Waals surface area contributed by atoms with Gasteiger partial charge in [-0.3, -0.25) is 0 Å². The first-order valence-electron chi connectivity index (χ1n) is 5.39. The van der Waals surface area contributed by atoms with E-state index >= 15 is 0 Å². The zero-order valence-corrected chi connectivity index (χ0v) is 10.0. The van der Waals surface area contributed by atoms with E-state index in [0.29, 0.717) is 17.9 Å². The van der Waals surface area contributed by atoms with Crippen molar-refractivity contribution in [3.63, 3.8) is 0 Å². The second-order valence-corrected chi connectivity index (χ2v) is 4.38. The van der Waals surface area contributed by atoms with Crippen LogP contribution in [0.2, 0.25) is 0 Å². The second-order valence-electron chi connectivity index (χ2n) is 4.38. The van der Waals surface area contributed by atoms with Gasteiger partial charge in [0.25, 0.3) is 0 Å². The van der Waals surface area contributed by atoms with Gasteiger partial charge in [0.1, 0.15) is 0 Å². The van der Waals surface area contributed by atoms with Gasteiger partial charge in [-0.1, -0.05) is 40.2 Å². The lowest BCUT2D eigenvalue weighted by molar-refractivity contribution is 0.278. The van der Waals surface area contributed by atoms with Crippen molar-refractivity contribution in [3.05, 3.63) is 12.3 Å². The van der Waals surface area contributed by atoms with Crippen LogP contribution >= 0.6 is 0 Å². The molecule has 0 spiro atoms. The smallest absolute Gasteiger partial charge is 0.0275 e. The molecule has 0 aromatic heterocycles. The van der Waals surface area contributed by atoms with Crippen molar-refractivity contribution < 1.29 is 0 Å². The Labute approximate surface area is 83.8 Å². The summed E-state index contributed by atoms with van der Waals surface area (Å²) in [4.78, 5) is 2.30. The standard InChI is InChI=1S/C12H25N/c1-7-11(4)8-9-13(6)12(5)10(2)3/h8-12H,7H2,1-6H3/b9-8-. The maximum Gasteiger partial charge on any atom is 0.0275 e. The summed E-state index contributed by atoms with van der Waals surface area (Å²) >= 11 is 0. The third kappa shape index (κ3) is 4.97. The average Bonchev–Trinajstić information content (AvgIpc) is 2.11. The zero-order chi connectivity index (χ0) is 10.4. The molecule has 2 unspecified atom stereocenters. The molecule has 0 saturated carbocycles. The van der Waals surface area contributed by atoms with Crippen LogP contribution < -0.4 is 0 Å². The van der Waals surface area contributed by atoms with E-state index in [9.17, 15) is 0 Å². The third-order valence-corrected chi connectivity index (χ3v) is 2.90. The fourth-order valence-corrected chi connectivity index (χ4v) is 1.02. The first-order valence-corrected chi connectivity index (χ1v) is 5.39. The molecule has 1 nitrogen and oxygen atoms in total. The quantitative estimate of drug-likeness (QED) is 0.630. The van der Waals surface area contributed by atoms with Crippen molar-refractivity contribution in [1.82, 2.24) is 4.90 Å². The van der Waals surface area contributed by atoms with Crippen LogP contribution in [0.3, 0.4) is 0 Å². The highest BCUT2D eigenvalue weighted by Gasteiger charge is 2.09. The molecule has 0 N–H and O–H groups in total. The Bertz CT molecular complexity index is 149. The Morgan fingerprint density at radius 2 is 1.69 bits per heavy atom. The summed E-state index contributed by atoms with van der Waals surface area (Å²) in [6.07, 6.45) is 5.73. The molecular weight excluding hydrogens is 158 g/mol. The van der Waals surface area contributed by atoms with Crippen molar-refractivity contribution in [3.8, 4) is 0 Å². The van der Waals surface area contributed by atoms with E-state index in [0.717, 1.165) is 0 Å². The van der Waals surface area contributed by atoms with Gasteiger partial charge in [-0.15, -0.1) is 0 Å². The molecule has 2 atom stereocenters. The molecule has 0 bridgehead atoms. The minimum absolute atomic E-state index is 0.625. The number of rotatable bonds is 5. The molecule has 0 fully saturated rings. The van der Waals surface area contributed by atoms with Crippen LogP contribution in [0.1, 0.15) is 41.0 Å². The first kappa shape index (κ1) is 12.5. The van der Waals surface area contributed by atoms with Gasteiger partial charge >= 0.3 is 0 Å². The van der Waals surface area contributed by atoms with Gasteiger partial charge in [0.15, 0.2) is 0 Å². The lowest BCUT2D eigenvalue weighted by Gasteiger charge is -2.26. The van der Waals surface area contributed by atoms with Crippen LogP contribution in [-0.2, 0) is 0 Å². The topological polar surface area (TPSA) is 3.24 Å². The summed E-state index contributed by atoms with van der Waals surface area (Å²) in [5, 5.41) is 0. The monoisotopic (exact) mass is 183 g/mol. The lowest BCUT2D eigenvalue weighted by atomic mass is 10.1. The average molecular weight is 183 g/mol. The number of hydrogen-bond donors (Lipinski definition) is 0. The number of allylic oxidation sites excluding steroid dienone is 1.